The zero-order chi connectivity index (χ0) is 17.6. The number of alkyl carbamates (subject to hydrolysis) is 1. The molecule has 1 aromatic rings. The normalized spacial score (nSPS) is 10.9. The van der Waals surface area contributed by atoms with Gasteiger partial charge in [-0.25, -0.2) is 9.59 Å². The fraction of sp³-hybridized carbons (Fsp3) is 0.529. The van der Waals surface area contributed by atoms with Crippen LogP contribution < -0.4 is 10.2 Å². The van der Waals surface area contributed by atoms with Gasteiger partial charge in [-0.1, -0.05) is 0 Å². The summed E-state index contributed by atoms with van der Waals surface area (Å²) in [6, 6.07) is 5.40. The minimum absolute atomic E-state index is 0.0898. The number of esters is 1. The smallest absolute Gasteiger partial charge is 0.407 e. The first-order valence-electron chi connectivity index (χ1n) is 7.52. The third-order valence-electron chi connectivity index (χ3n) is 2.92. The van der Waals surface area contributed by atoms with Crippen molar-refractivity contribution in [2.45, 2.75) is 33.3 Å². The second-order valence-electron chi connectivity index (χ2n) is 6.46. The minimum atomic E-state index is -0.549. The first kappa shape index (κ1) is 18.8. The Morgan fingerprint density at radius 1 is 1.22 bits per heavy atom. The van der Waals surface area contributed by atoms with Crippen LogP contribution in [0.2, 0.25) is 0 Å². The number of nitrogens with zero attached hydrogens (tertiary/aromatic N) is 1. The van der Waals surface area contributed by atoms with Crippen LogP contribution in [0.3, 0.4) is 0 Å². The first-order chi connectivity index (χ1) is 10.6. The first-order valence-corrected chi connectivity index (χ1v) is 7.52. The molecular formula is C17H26N2O4. The summed E-state index contributed by atoms with van der Waals surface area (Å²) in [5, 5.41) is 2.54. The van der Waals surface area contributed by atoms with Crippen LogP contribution in [0.25, 0.3) is 0 Å². The largest absolute Gasteiger partial charge is 0.460 e. The van der Waals surface area contributed by atoms with Gasteiger partial charge in [-0.15, -0.1) is 0 Å². The molecule has 0 saturated carbocycles. The quantitative estimate of drug-likeness (QED) is 0.667. The van der Waals surface area contributed by atoms with E-state index in [9.17, 15) is 9.59 Å². The molecule has 0 aromatic heterocycles. The molecule has 0 aliphatic rings. The average molecular weight is 322 g/mol. The average Bonchev–Trinajstić information content (AvgIpc) is 2.40. The number of aryl methyl sites for hydroxylation is 1. The lowest BCUT2D eigenvalue weighted by atomic mass is 10.1. The molecule has 6 heteroatoms. The molecule has 1 rings (SSSR count). The Labute approximate surface area is 137 Å². The fourth-order valence-electron chi connectivity index (χ4n) is 1.98. The van der Waals surface area contributed by atoms with Gasteiger partial charge in [0.25, 0.3) is 0 Å². The molecule has 6 nitrogen and oxygen atoms in total. The molecule has 0 radical (unpaired) electrons. The van der Waals surface area contributed by atoms with Gasteiger partial charge in [0.15, 0.2) is 0 Å². The highest BCUT2D eigenvalue weighted by molar-refractivity contribution is 5.90. The maximum absolute atomic E-state index is 12.0. The van der Waals surface area contributed by atoms with Crippen molar-refractivity contribution in [2.24, 2.45) is 0 Å². The van der Waals surface area contributed by atoms with Gasteiger partial charge in [-0.3, -0.25) is 0 Å². The molecule has 0 aliphatic heterocycles. The summed E-state index contributed by atoms with van der Waals surface area (Å²) in [4.78, 5) is 25.4. The fourth-order valence-corrected chi connectivity index (χ4v) is 1.98. The summed E-state index contributed by atoms with van der Waals surface area (Å²) in [5.74, 6) is -0.413. The van der Waals surface area contributed by atoms with Crippen LogP contribution in [-0.4, -0.2) is 44.9 Å². The second-order valence-corrected chi connectivity index (χ2v) is 6.46. The van der Waals surface area contributed by atoms with Crippen molar-refractivity contribution in [1.29, 1.82) is 0 Å². The molecule has 0 bridgehead atoms. The van der Waals surface area contributed by atoms with Gasteiger partial charge >= 0.3 is 12.1 Å². The molecule has 1 aromatic carbocycles. The van der Waals surface area contributed by atoms with Crippen LogP contribution in [0.4, 0.5) is 10.5 Å². The van der Waals surface area contributed by atoms with Crippen LogP contribution in [-0.2, 0) is 9.47 Å². The van der Waals surface area contributed by atoms with Gasteiger partial charge in [-0.2, -0.15) is 0 Å². The van der Waals surface area contributed by atoms with E-state index in [-0.39, 0.29) is 13.2 Å². The molecule has 23 heavy (non-hydrogen) atoms. The number of ether oxygens (including phenoxy) is 2. The molecule has 0 aliphatic carbocycles. The number of carbonyl (C=O) groups is 2. The minimum Gasteiger partial charge on any atom is -0.460 e. The van der Waals surface area contributed by atoms with Crippen molar-refractivity contribution in [3.8, 4) is 0 Å². The predicted octanol–water partition coefficient (Wildman–Crippen LogP) is 2.74. The summed E-state index contributed by atoms with van der Waals surface area (Å²) in [6.07, 6.45) is -0.528. The van der Waals surface area contributed by atoms with Crippen LogP contribution in [0.1, 0.15) is 36.7 Å². The lowest BCUT2D eigenvalue weighted by Gasteiger charge is -2.19. The standard InChI is InChI=1S/C17H26N2O4/c1-12-11-13(7-8-14(12)19(5)6)15(20)22-10-9-18-16(21)23-17(2,3)4/h7-8,11H,9-10H2,1-6H3,(H,18,21). The Kier molecular flexibility index (Phi) is 6.42. The number of carbonyl (C=O) groups excluding carboxylic acids is 2. The van der Waals surface area contributed by atoms with E-state index in [1.807, 2.05) is 32.0 Å². The number of rotatable bonds is 5. The second kappa shape index (κ2) is 7.85. The van der Waals surface area contributed by atoms with Gasteiger partial charge in [0.2, 0.25) is 0 Å². The zero-order valence-electron chi connectivity index (χ0n) is 14.7. The summed E-state index contributed by atoms with van der Waals surface area (Å²) >= 11 is 0. The van der Waals surface area contributed by atoms with E-state index in [0.29, 0.717) is 5.56 Å². The van der Waals surface area contributed by atoms with Gasteiger partial charge < -0.3 is 19.7 Å². The van der Waals surface area contributed by atoms with Crippen molar-refractivity contribution in [3.63, 3.8) is 0 Å². The monoisotopic (exact) mass is 322 g/mol. The van der Waals surface area contributed by atoms with Crippen LogP contribution in [0, 0.1) is 6.92 Å². The van der Waals surface area contributed by atoms with Crippen LogP contribution >= 0.6 is 0 Å². The van der Waals surface area contributed by atoms with E-state index < -0.39 is 17.7 Å². The number of amides is 1. The lowest BCUT2D eigenvalue weighted by Crippen LogP contribution is -2.34. The highest BCUT2D eigenvalue weighted by atomic mass is 16.6. The van der Waals surface area contributed by atoms with Crippen molar-refractivity contribution < 1.29 is 19.1 Å². The SMILES string of the molecule is Cc1cc(C(=O)OCCNC(=O)OC(C)(C)C)ccc1N(C)C. The summed E-state index contributed by atoms with van der Waals surface area (Å²) in [6.45, 7) is 7.59. The highest BCUT2D eigenvalue weighted by Crippen LogP contribution is 2.19. The van der Waals surface area contributed by atoms with E-state index in [2.05, 4.69) is 5.32 Å². The maximum Gasteiger partial charge on any atom is 0.407 e. The molecule has 1 amide bonds. The predicted molar refractivity (Wildman–Crippen MR) is 90.0 cm³/mol. The topological polar surface area (TPSA) is 67.9 Å². The third-order valence-corrected chi connectivity index (χ3v) is 2.92. The molecule has 0 spiro atoms. The van der Waals surface area contributed by atoms with E-state index in [0.717, 1.165) is 11.3 Å². The number of anilines is 1. The van der Waals surface area contributed by atoms with Gasteiger partial charge in [0.05, 0.1) is 12.1 Å². The Hall–Kier alpha value is -2.24. The Bertz CT molecular complexity index is 562. The van der Waals surface area contributed by atoms with E-state index in [1.54, 1.807) is 32.9 Å². The Balaban J connectivity index is 2.43. The van der Waals surface area contributed by atoms with Crippen molar-refractivity contribution in [2.75, 3.05) is 32.1 Å². The Morgan fingerprint density at radius 3 is 2.39 bits per heavy atom. The van der Waals surface area contributed by atoms with Gasteiger partial charge in [0, 0.05) is 19.8 Å². The molecule has 0 atom stereocenters. The van der Waals surface area contributed by atoms with Crippen LogP contribution in [0.5, 0.6) is 0 Å². The summed E-state index contributed by atoms with van der Waals surface area (Å²) in [5.41, 5.74) is 1.99. The van der Waals surface area contributed by atoms with E-state index >= 15 is 0 Å². The molecule has 1 N–H and O–H groups in total. The number of benzene rings is 1. The summed E-state index contributed by atoms with van der Waals surface area (Å²) in [7, 11) is 3.89. The Morgan fingerprint density at radius 2 is 1.87 bits per heavy atom. The lowest BCUT2D eigenvalue weighted by molar-refractivity contribution is 0.0433. The summed E-state index contributed by atoms with van der Waals surface area (Å²) < 4.78 is 10.2. The van der Waals surface area contributed by atoms with Gasteiger partial charge in [0.1, 0.15) is 12.2 Å². The molecule has 0 fully saturated rings. The van der Waals surface area contributed by atoms with Crippen LogP contribution in [0.15, 0.2) is 18.2 Å². The van der Waals surface area contributed by atoms with Gasteiger partial charge in [-0.05, 0) is 51.5 Å². The molecule has 0 unspecified atom stereocenters. The van der Waals surface area contributed by atoms with E-state index in [4.69, 9.17) is 9.47 Å². The maximum atomic E-state index is 12.0. The molecule has 0 heterocycles. The van der Waals surface area contributed by atoms with Crippen molar-refractivity contribution >= 4 is 17.7 Å². The molecule has 128 valence electrons. The molecular weight excluding hydrogens is 296 g/mol. The number of hydrogen-bond donors (Lipinski definition) is 1. The third kappa shape index (κ3) is 6.59. The van der Waals surface area contributed by atoms with Crippen molar-refractivity contribution in [3.05, 3.63) is 29.3 Å². The van der Waals surface area contributed by atoms with E-state index in [1.165, 1.54) is 0 Å². The zero-order valence-corrected chi connectivity index (χ0v) is 14.7. The highest BCUT2D eigenvalue weighted by Gasteiger charge is 2.16. The van der Waals surface area contributed by atoms with Crippen molar-refractivity contribution in [1.82, 2.24) is 5.32 Å². The number of hydrogen-bond acceptors (Lipinski definition) is 5. The molecule has 0 saturated heterocycles. The number of nitrogens with one attached hydrogen (secondary N) is 1.